The number of para-hydroxylation sites is 1. The first-order valence-corrected chi connectivity index (χ1v) is 9.64. The summed E-state index contributed by atoms with van der Waals surface area (Å²) in [6, 6.07) is 15.2. The highest BCUT2D eigenvalue weighted by atomic mass is 35.5. The van der Waals surface area contributed by atoms with Gasteiger partial charge in [0.2, 0.25) is 5.76 Å². The lowest BCUT2D eigenvalue weighted by molar-refractivity contribution is 0.0928. The van der Waals surface area contributed by atoms with Gasteiger partial charge in [0.15, 0.2) is 0 Å². The molecule has 3 rings (SSSR count). The molecule has 1 N–H and O–H groups in total. The lowest BCUT2D eigenvalue weighted by Gasteiger charge is -2.06. The van der Waals surface area contributed by atoms with E-state index in [2.05, 4.69) is 12.2 Å². The van der Waals surface area contributed by atoms with Gasteiger partial charge >= 0.3 is 0 Å². The van der Waals surface area contributed by atoms with Crippen LogP contribution in [-0.2, 0) is 0 Å². The molecule has 26 heavy (non-hydrogen) atoms. The molecule has 3 nitrogen and oxygen atoms in total. The predicted molar refractivity (Wildman–Crippen MR) is 108 cm³/mol. The molecule has 0 radical (unpaired) electrons. The van der Waals surface area contributed by atoms with Gasteiger partial charge in [-0.15, -0.1) is 0 Å². The van der Waals surface area contributed by atoms with Gasteiger partial charge in [-0.05, 0) is 30.2 Å². The second-order valence-corrected chi connectivity index (χ2v) is 6.92. The number of hydrogen-bond donors (Lipinski definition) is 1. The largest absolute Gasteiger partial charge is 0.450 e. The SMILES string of the molecule is CCCCCCCNC(=O)c1oc2ccccc2c1-c1cccc(Cl)c1. The molecule has 0 saturated heterocycles. The summed E-state index contributed by atoms with van der Waals surface area (Å²) in [5.41, 5.74) is 2.39. The number of benzene rings is 2. The molecular formula is C22H24ClNO2. The van der Waals surface area contributed by atoms with Crippen LogP contribution in [0.2, 0.25) is 5.02 Å². The Hall–Kier alpha value is -2.26. The first-order chi connectivity index (χ1) is 12.7. The predicted octanol–water partition coefficient (Wildman–Crippen LogP) is 6.45. The molecule has 1 aromatic heterocycles. The van der Waals surface area contributed by atoms with Gasteiger partial charge in [0.05, 0.1) is 0 Å². The molecule has 0 bridgehead atoms. The van der Waals surface area contributed by atoms with Crippen molar-refractivity contribution in [2.24, 2.45) is 0 Å². The Labute approximate surface area is 159 Å². The lowest BCUT2D eigenvalue weighted by atomic mass is 10.0. The van der Waals surface area contributed by atoms with E-state index in [1.54, 1.807) is 0 Å². The zero-order valence-electron chi connectivity index (χ0n) is 15.1. The van der Waals surface area contributed by atoms with E-state index < -0.39 is 0 Å². The van der Waals surface area contributed by atoms with Crippen LogP contribution in [0.3, 0.4) is 0 Å². The number of fused-ring (bicyclic) bond motifs is 1. The Morgan fingerprint density at radius 3 is 2.65 bits per heavy atom. The molecule has 2 aromatic carbocycles. The molecule has 0 spiro atoms. The van der Waals surface area contributed by atoms with Gasteiger partial charge in [0, 0.05) is 22.5 Å². The first kappa shape index (κ1) is 18.5. The quantitative estimate of drug-likeness (QED) is 0.463. The van der Waals surface area contributed by atoms with Crippen molar-refractivity contribution in [2.75, 3.05) is 6.54 Å². The number of furan rings is 1. The Bertz CT molecular complexity index is 885. The van der Waals surface area contributed by atoms with E-state index >= 15 is 0 Å². The number of rotatable bonds is 8. The van der Waals surface area contributed by atoms with E-state index in [0.29, 0.717) is 22.9 Å². The summed E-state index contributed by atoms with van der Waals surface area (Å²) in [5, 5.41) is 4.55. The molecule has 0 saturated carbocycles. The smallest absolute Gasteiger partial charge is 0.287 e. The summed E-state index contributed by atoms with van der Waals surface area (Å²) in [7, 11) is 0. The summed E-state index contributed by atoms with van der Waals surface area (Å²) in [6.45, 7) is 2.86. The average molecular weight is 370 g/mol. The maximum absolute atomic E-state index is 12.7. The van der Waals surface area contributed by atoms with E-state index in [4.69, 9.17) is 16.0 Å². The van der Waals surface area contributed by atoms with Crippen LogP contribution in [0.4, 0.5) is 0 Å². The summed E-state index contributed by atoms with van der Waals surface area (Å²) < 4.78 is 5.90. The summed E-state index contributed by atoms with van der Waals surface area (Å²) >= 11 is 6.16. The second kappa shape index (κ2) is 8.91. The Kier molecular flexibility index (Phi) is 6.35. The minimum atomic E-state index is -0.174. The lowest BCUT2D eigenvalue weighted by Crippen LogP contribution is -2.24. The summed E-state index contributed by atoms with van der Waals surface area (Å²) in [5.74, 6) is 0.175. The van der Waals surface area contributed by atoms with Crippen molar-refractivity contribution in [1.82, 2.24) is 5.32 Å². The van der Waals surface area contributed by atoms with Crippen LogP contribution >= 0.6 is 11.6 Å². The number of hydrogen-bond acceptors (Lipinski definition) is 2. The highest BCUT2D eigenvalue weighted by Crippen LogP contribution is 2.35. The first-order valence-electron chi connectivity index (χ1n) is 9.26. The zero-order valence-corrected chi connectivity index (χ0v) is 15.8. The van der Waals surface area contributed by atoms with Crippen LogP contribution in [-0.4, -0.2) is 12.5 Å². The normalized spacial score (nSPS) is 11.0. The van der Waals surface area contributed by atoms with E-state index in [1.165, 1.54) is 19.3 Å². The van der Waals surface area contributed by atoms with E-state index in [1.807, 2.05) is 48.5 Å². The average Bonchev–Trinajstić information content (AvgIpc) is 3.04. The van der Waals surface area contributed by atoms with Crippen LogP contribution in [0, 0.1) is 0 Å². The number of carbonyl (C=O) groups excluding carboxylic acids is 1. The second-order valence-electron chi connectivity index (χ2n) is 6.48. The maximum atomic E-state index is 12.7. The van der Waals surface area contributed by atoms with E-state index in [0.717, 1.165) is 29.4 Å². The van der Waals surface area contributed by atoms with Gasteiger partial charge in [-0.3, -0.25) is 4.79 Å². The van der Waals surface area contributed by atoms with E-state index in [-0.39, 0.29) is 5.91 Å². The minimum absolute atomic E-state index is 0.174. The molecule has 0 atom stereocenters. The van der Waals surface area contributed by atoms with Crippen molar-refractivity contribution in [3.8, 4) is 11.1 Å². The molecule has 0 aliphatic rings. The van der Waals surface area contributed by atoms with Crippen LogP contribution < -0.4 is 5.32 Å². The fourth-order valence-corrected chi connectivity index (χ4v) is 3.34. The van der Waals surface area contributed by atoms with Crippen LogP contribution in [0.5, 0.6) is 0 Å². The van der Waals surface area contributed by atoms with Crippen molar-refractivity contribution in [3.63, 3.8) is 0 Å². The molecular weight excluding hydrogens is 346 g/mol. The minimum Gasteiger partial charge on any atom is -0.450 e. The van der Waals surface area contributed by atoms with Gasteiger partial charge in [-0.1, -0.05) is 74.5 Å². The van der Waals surface area contributed by atoms with Crippen molar-refractivity contribution in [3.05, 3.63) is 59.3 Å². The summed E-state index contributed by atoms with van der Waals surface area (Å²) in [4.78, 5) is 12.7. The Morgan fingerprint density at radius 1 is 1.04 bits per heavy atom. The third kappa shape index (κ3) is 4.28. The maximum Gasteiger partial charge on any atom is 0.287 e. The highest BCUT2D eigenvalue weighted by Gasteiger charge is 2.21. The van der Waals surface area contributed by atoms with Gasteiger partial charge in [0.25, 0.3) is 5.91 Å². The molecule has 4 heteroatoms. The topological polar surface area (TPSA) is 42.2 Å². The van der Waals surface area contributed by atoms with Crippen molar-refractivity contribution in [1.29, 1.82) is 0 Å². The molecule has 1 heterocycles. The van der Waals surface area contributed by atoms with Gasteiger partial charge in [-0.2, -0.15) is 0 Å². The van der Waals surface area contributed by atoms with Gasteiger partial charge in [0.1, 0.15) is 5.58 Å². The molecule has 0 aliphatic heterocycles. The van der Waals surface area contributed by atoms with Gasteiger partial charge < -0.3 is 9.73 Å². The van der Waals surface area contributed by atoms with E-state index in [9.17, 15) is 4.79 Å². The molecule has 0 fully saturated rings. The summed E-state index contributed by atoms with van der Waals surface area (Å²) in [6.07, 6.45) is 5.80. The molecule has 1 amide bonds. The third-order valence-electron chi connectivity index (χ3n) is 4.48. The van der Waals surface area contributed by atoms with Crippen molar-refractivity contribution < 1.29 is 9.21 Å². The van der Waals surface area contributed by atoms with Gasteiger partial charge in [-0.25, -0.2) is 0 Å². The Morgan fingerprint density at radius 2 is 1.85 bits per heavy atom. The van der Waals surface area contributed by atoms with Crippen molar-refractivity contribution in [2.45, 2.75) is 39.0 Å². The monoisotopic (exact) mass is 369 g/mol. The number of unbranched alkanes of at least 4 members (excludes halogenated alkanes) is 4. The third-order valence-corrected chi connectivity index (χ3v) is 4.72. The Balaban J connectivity index is 1.83. The zero-order chi connectivity index (χ0) is 18.4. The molecule has 0 aliphatic carbocycles. The number of halogens is 1. The standard InChI is InChI=1S/C22H24ClNO2/c1-2-3-4-5-8-14-24-22(25)21-20(16-10-9-11-17(23)15-16)18-12-6-7-13-19(18)26-21/h6-7,9-13,15H,2-5,8,14H2,1H3,(H,24,25). The fraction of sp³-hybridized carbons (Fsp3) is 0.318. The number of nitrogens with one attached hydrogen (secondary N) is 1. The molecule has 136 valence electrons. The number of carbonyl (C=O) groups is 1. The number of amides is 1. The molecule has 3 aromatic rings. The fourth-order valence-electron chi connectivity index (χ4n) is 3.15. The van der Waals surface area contributed by atoms with Crippen LogP contribution in [0.1, 0.15) is 49.6 Å². The molecule has 0 unspecified atom stereocenters. The van der Waals surface area contributed by atoms with Crippen molar-refractivity contribution >= 4 is 28.5 Å². The van der Waals surface area contributed by atoms with Crippen LogP contribution in [0.15, 0.2) is 52.9 Å². The highest BCUT2D eigenvalue weighted by molar-refractivity contribution is 6.31. The van der Waals surface area contributed by atoms with Crippen LogP contribution in [0.25, 0.3) is 22.1 Å².